The maximum Gasteiger partial charge on any atom is 0.313 e. The average Bonchev–Trinajstić information content (AvgIpc) is 3.46. The molecule has 0 radical (unpaired) electrons. The summed E-state index contributed by atoms with van der Waals surface area (Å²) in [6, 6.07) is 2.16. The molecular weight excluding hydrogens is 396 g/mol. The van der Waals surface area contributed by atoms with Crippen LogP contribution in [-0.2, 0) is 16.1 Å². The van der Waals surface area contributed by atoms with Crippen LogP contribution < -0.4 is 10.6 Å². The van der Waals surface area contributed by atoms with Crippen molar-refractivity contribution in [3.05, 3.63) is 46.4 Å². The zero-order valence-corrected chi connectivity index (χ0v) is 16.7. The van der Waals surface area contributed by atoms with Crippen LogP contribution in [0.2, 0.25) is 0 Å². The smallest absolute Gasteiger partial charge is 0.313 e. The van der Waals surface area contributed by atoms with E-state index in [0.29, 0.717) is 10.8 Å². The minimum atomic E-state index is -0.681. The third-order valence-corrected chi connectivity index (χ3v) is 6.06. The fraction of sp³-hybridized carbons (Fsp3) is 0.333. The van der Waals surface area contributed by atoms with Gasteiger partial charge in [-0.25, -0.2) is 9.67 Å². The van der Waals surface area contributed by atoms with E-state index in [-0.39, 0.29) is 6.04 Å². The molecule has 0 spiro atoms. The van der Waals surface area contributed by atoms with Gasteiger partial charge in [0.1, 0.15) is 0 Å². The molecule has 1 fully saturated rings. The molecule has 8 nitrogen and oxygen atoms in total. The molecule has 0 bridgehead atoms. The molecule has 28 heavy (non-hydrogen) atoms. The minimum Gasteiger partial charge on any atom is -0.345 e. The number of anilines is 1. The summed E-state index contributed by atoms with van der Waals surface area (Å²) in [5.74, 6) is -1.29. The molecule has 1 saturated heterocycles. The number of carbonyl (C=O) groups is 2. The third-order valence-electron chi connectivity index (χ3n) is 4.57. The Bertz CT molecular complexity index is 914. The van der Waals surface area contributed by atoms with E-state index >= 15 is 0 Å². The summed E-state index contributed by atoms with van der Waals surface area (Å²) in [5.41, 5.74) is 1.78. The van der Waals surface area contributed by atoms with Gasteiger partial charge in [0.2, 0.25) is 5.13 Å². The number of hydrogen-bond acceptors (Lipinski definition) is 7. The number of piperidine rings is 1. The molecule has 3 aromatic rings. The van der Waals surface area contributed by atoms with Crippen molar-refractivity contribution in [2.45, 2.75) is 25.4 Å². The molecule has 1 aliphatic heterocycles. The minimum absolute atomic E-state index is 0.0232. The quantitative estimate of drug-likeness (QED) is 0.622. The molecule has 0 aromatic carbocycles. The van der Waals surface area contributed by atoms with Crippen molar-refractivity contribution in [3.63, 3.8) is 0 Å². The van der Waals surface area contributed by atoms with Crippen molar-refractivity contribution in [3.8, 4) is 5.13 Å². The Labute approximate surface area is 170 Å². The van der Waals surface area contributed by atoms with Crippen LogP contribution in [0.15, 0.2) is 40.8 Å². The molecule has 0 aliphatic carbocycles. The maximum absolute atomic E-state index is 12.2. The standard InChI is InChI=1S/C18H20N6O2S2/c25-16(17(26)22-15-9-20-24(11-15)18-19-4-8-28-18)21-14-1-5-23(6-2-14)10-13-3-7-27-12-13/h3-4,7-9,11-12,14H,1-2,5-6,10H2,(H,21,25)(H,22,26). The van der Waals surface area contributed by atoms with Gasteiger partial charge in [0.25, 0.3) is 0 Å². The van der Waals surface area contributed by atoms with E-state index in [9.17, 15) is 9.59 Å². The third kappa shape index (κ3) is 4.64. The van der Waals surface area contributed by atoms with E-state index < -0.39 is 11.8 Å². The SMILES string of the molecule is O=C(Nc1cnn(-c2nccs2)c1)C(=O)NC1CCN(Cc2ccsc2)CC1. The Morgan fingerprint density at radius 3 is 2.79 bits per heavy atom. The highest BCUT2D eigenvalue weighted by molar-refractivity contribution is 7.12. The monoisotopic (exact) mass is 416 g/mol. The maximum atomic E-state index is 12.2. The van der Waals surface area contributed by atoms with Gasteiger partial charge in [-0.1, -0.05) is 0 Å². The fourth-order valence-electron chi connectivity index (χ4n) is 3.14. The molecule has 1 aliphatic rings. The largest absolute Gasteiger partial charge is 0.345 e. The molecule has 10 heteroatoms. The number of amides is 2. The zero-order chi connectivity index (χ0) is 19.3. The Kier molecular flexibility index (Phi) is 5.79. The highest BCUT2D eigenvalue weighted by Gasteiger charge is 2.24. The molecule has 2 amide bonds. The van der Waals surface area contributed by atoms with Crippen LogP contribution in [-0.4, -0.2) is 50.6 Å². The van der Waals surface area contributed by atoms with E-state index in [2.05, 4.69) is 42.4 Å². The van der Waals surface area contributed by atoms with Gasteiger partial charge in [-0.2, -0.15) is 16.4 Å². The zero-order valence-electron chi connectivity index (χ0n) is 15.1. The predicted octanol–water partition coefficient (Wildman–Crippen LogP) is 2.11. The van der Waals surface area contributed by atoms with Gasteiger partial charge in [-0.3, -0.25) is 14.5 Å². The lowest BCUT2D eigenvalue weighted by Crippen LogP contribution is -2.47. The molecule has 146 valence electrons. The molecule has 2 N–H and O–H groups in total. The van der Waals surface area contributed by atoms with Gasteiger partial charge in [0.05, 0.1) is 18.1 Å². The van der Waals surface area contributed by atoms with Crippen LogP contribution in [0.3, 0.4) is 0 Å². The summed E-state index contributed by atoms with van der Waals surface area (Å²) >= 11 is 3.14. The highest BCUT2D eigenvalue weighted by atomic mass is 32.1. The van der Waals surface area contributed by atoms with Crippen molar-refractivity contribution < 1.29 is 9.59 Å². The second-order valence-corrected chi connectivity index (χ2v) is 8.25. The average molecular weight is 417 g/mol. The van der Waals surface area contributed by atoms with Crippen LogP contribution in [0.4, 0.5) is 5.69 Å². The van der Waals surface area contributed by atoms with Crippen molar-refractivity contribution in [2.75, 3.05) is 18.4 Å². The van der Waals surface area contributed by atoms with E-state index in [4.69, 9.17) is 0 Å². The summed E-state index contributed by atoms with van der Waals surface area (Å²) < 4.78 is 1.56. The fourth-order valence-corrected chi connectivity index (χ4v) is 4.37. The number of rotatable bonds is 5. The van der Waals surface area contributed by atoms with Crippen molar-refractivity contribution in [1.82, 2.24) is 25.0 Å². The van der Waals surface area contributed by atoms with Gasteiger partial charge in [0, 0.05) is 37.3 Å². The molecule has 0 saturated carbocycles. The Hall–Kier alpha value is -2.56. The van der Waals surface area contributed by atoms with Gasteiger partial charge < -0.3 is 10.6 Å². The van der Waals surface area contributed by atoms with Crippen molar-refractivity contribution >= 4 is 40.2 Å². The first-order chi connectivity index (χ1) is 13.7. The Balaban J connectivity index is 1.23. The molecule has 4 rings (SSSR count). The van der Waals surface area contributed by atoms with E-state index in [1.807, 2.05) is 5.38 Å². The van der Waals surface area contributed by atoms with Gasteiger partial charge >= 0.3 is 11.8 Å². The van der Waals surface area contributed by atoms with E-state index in [1.54, 1.807) is 28.4 Å². The van der Waals surface area contributed by atoms with Gasteiger partial charge in [-0.05, 0) is 35.2 Å². The normalized spacial score (nSPS) is 15.4. The van der Waals surface area contributed by atoms with Crippen molar-refractivity contribution in [1.29, 1.82) is 0 Å². The lowest BCUT2D eigenvalue weighted by Gasteiger charge is -2.32. The topological polar surface area (TPSA) is 92.1 Å². The number of thiophene rings is 1. The lowest BCUT2D eigenvalue weighted by atomic mass is 10.0. The summed E-state index contributed by atoms with van der Waals surface area (Å²) in [5, 5.41) is 16.3. The molecule has 0 unspecified atom stereocenters. The van der Waals surface area contributed by atoms with Crippen LogP contribution in [0, 0.1) is 0 Å². The van der Waals surface area contributed by atoms with E-state index in [1.165, 1.54) is 23.1 Å². The first kappa shape index (κ1) is 18.8. The second-order valence-electron chi connectivity index (χ2n) is 6.60. The number of aromatic nitrogens is 3. The first-order valence-corrected chi connectivity index (χ1v) is 10.8. The summed E-state index contributed by atoms with van der Waals surface area (Å²) in [6.45, 7) is 2.75. The summed E-state index contributed by atoms with van der Waals surface area (Å²) in [7, 11) is 0. The number of nitrogens with one attached hydrogen (secondary N) is 2. The lowest BCUT2D eigenvalue weighted by molar-refractivity contribution is -0.136. The molecule has 0 atom stereocenters. The molecule has 3 aromatic heterocycles. The van der Waals surface area contributed by atoms with Gasteiger partial charge in [0.15, 0.2) is 0 Å². The highest BCUT2D eigenvalue weighted by Crippen LogP contribution is 2.16. The van der Waals surface area contributed by atoms with Crippen LogP contribution >= 0.6 is 22.7 Å². The van der Waals surface area contributed by atoms with Crippen molar-refractivity contribution in [2.24, 2.45) is 0 Å². The number of carbonyl (C=O) groups excluding carboxylic acids is 2. The number of nitrogens with zero attached hydrogens (tertiary/aromatic N) is 4. The van der Waals surface area contributed by atoms with E-state index in [0.717, 1.165) is 32.5 Å². The Morgan fingerprint density at radius 2 is 2.07 bits per heavy atom. The van der Waals surface area contributed by atoms with Gasteiger partial charge in [-0.15, -0.1) is 11.3 Å². The van der Waals surface area contributed by atoms with Crippen LogP contribution in [0.5, 0.6) is 0 Å². The second kappa shape index (κ2) is 8.63. The van der Waals surface area contributed by atoms with Crippen LogP contribution in [0.1, 0.15) is 18.4 Å². The van der Waals surface area contributed by atoms with Crippen LogP contribution in [0.25, 0.3) is 5.13 Å². The summed E-state index contributed by atoms with van der Waals surface area (Å²) in [4.78, 5) is 30.9. The number of likely N-dealkylation sites (tertiary alicyclic amines) is 1. The Morgan fingerprint density at radius 1 is 1.21 bits per heavy atom. The number of thiazole rings is 1. The molecule has 4 heterocycles. The number of hydrogen-bond donors (Lipinski definition) is 2. The summed E-state index contributed by atoms with van der Waals surface area (Å²) in [6.07, 6.45) is 6.48. The predicted molar refractivity (Wildman–Crippen MR) is 109 cm³/mol. The first-order valence-electron chi connectivity index (χ1n) is 8.97. The molecular formula is C18H20N6O2S2.